The number of nitrogens with one attached hydrogen (secondary N) is 2. The van der Waals surface area contributed by atoms with Gasteiger partial charge in [0, 0.05) is 24.2 Å². The van der Waals surface area contributed by atoms with Gasteiger partial charge in [-0.15, -0.1) is 0 Å². The fourth-order valence-electron chi connectivity index (χ4n) is 3.03. The second-order valence-corrected chi connectivity index (χ2v) is 7.23. The third kappa shape index (κ3) is 6.74. The molecule has 0 aliphatic heterocycles. The highest BCUT2D eigenvalue weighted by molar-refractivity contribution is 5.95. The highest BCUT2D eigenvalue weighted by Crippen LogP contribution is 2.30. The van der Waals surface area contributed by atoms with Gasteiger partial charge in [0.25, 0.3) is 11.8 Å². The number of rotatable bonds is 9. The minimum absolute atomic E-state index is 0.0927. The lowest BCUT2D eigenvalue weighted by Gasteiger charge is -2.13. The average Bonchev–Trinajstić information content (AvgIpc) is 2.85. The lowest BCUT2D eigenvalue weighted by molar-refractivity contribution is -0.137. The Hall–Kier alpha value is -4.01. The molecular weight excluding hydrogens is 449 g/mol. The van der Waals surface area contributed by atoms with Crippen LogP contribution in [0.4, 0.5) is 13.2 Å². The fraction of sp³-hybridized carbons (Fsp3) is 0.200. The highest BCUT2D eigenvalue weighted by atomic mass is 19.4. The smallest absolute Gasteiger partial charge is 0.416 e. The summed E-state index contributed by atoms with van der Waals surface area (Å²) >= 11 is 0. The molecule has 6 nitrogen and oxygen atoms in total. The number of amides is 2. The van der Waals surface area contributed by atoms with Crippen LogP contribution in [0.25, 0.3) is 0 Å². The number of ether oxygens (including phenoxy) is 2. The predicted octanol–water partition coefficient (Wildman–Crippen LogP) is 4.45. The maximum atomic E-state index is 12.6. The first-order chi connectivity index (χ1) is 16.3. The van der Waals surface area contributed by atoms with E-state index in [0.717, 1.165) is 29.8 Å². The molecule has 9 heteroatoms. The first-order valence-corrected chi connectivity index (χ1v) is 10.4. The number of halogens is 3. The molecule has 0 bridgehead atoms. The van der Waals surface area contributed by atoms with Crippen molar-refractivity contribution in [1.82, 2.24) is 10.6 Å². The van der Waals surface area contributed by atoms with Crippen molar-refractivity contribution in [3.8, 4) is 11.5 Å². The third-order valence-corrected chi connectivity index (χ3v) is 4.83. The van der Waals surface area contributed by atoms with Gasteiger partial charge in [0.15, 0.2) is 11.5 Å². The largest absolute Gasteiger partial charge is 0.493 e. The molecule has 3 rings (SSSR count). The van der Waals surface area contributed by atoms with E-state index in [-0.39, 0.29) is 24.6 Å². The zero-order valence-corrected chi connectivity index (χ0v) is 18.3. The molecule has 0 aliphatic rings. The summed E-state index contributed by atoms with van der Waals surface area (Å²) in [6.07, 6.45) is -4.46. The summed E-state index contributed by atoms with van der Waals surface area (Å²) in [6.45, 7) is 0.572. The molecule has 0 fully saturated rings. The van der Waals surface area contributed by atoms with Crippen LogP contribution in [0.5, 0.6) is 11.5 Å². The zero-order chi connectivity index (χ0) is 24.6. The van der Waals surface area contributed by atoms with Gasteiger partial charge in [-0.1, -0.05) is 30.3 Å². The lowest BCUT2D eigenvalue weighted by atomic mass is 10.1. The van der Waals surface area contributed by atoms with Crippen LogP contribution in [0, 0.1) is 0 Å². The number of hydrogen-bond acceptors (Lipinski definition) is 4. The summed E-state index contributed by atoms with van der Waals surface area (Å²) in [4.78, 5) is 24.5. The summed E-state index contributed by atoms with van der Waals surface area (Å²) in [5.74, 6) is -0.0212. The molecule has 0 radical (unpaired) electrons. The average molecular weight is 472 g/mol. The molecule has 0 saturated carbocycles. The van der Waals surface area contributed by atoms with Crippen LogP contribution in [-0.2, 0) is 12.8 Å². The first-order valence-electron chi connectivity index (χ1n) is 10.4. The molecular formula is C25H23F3N2O4. The summed E-state index contributed by atoms with van der Waals surface area (Å²) in [6, 6.07) is 18.3. The molecule has 34 heavy (non-hydrogen) atoms. The van der Waals surface area contributed by atoms with Crippen LogP contribution in [0.15, 0.2) is 72.8 Å². The van der Waals surface area contributed by atoms with Crippen LogP contribution in [-0.4, -0.2) is 32.0 Å². The minimum atomic E-state index is -4.46. The molecule has 0 aromatic heterocycles. The van der Waals surface area contributed by atoms with E-state index in [1.54, 1.807) is 18.2 Å². The molecule has 0 spiro atoms. The van der Waals surface area contributed by atoms with E-state index in [0.29, 0.717) is 23.7 Å². The van der Waals surface area contributed by atoms with E-state index in [2.05, 4.69) is 10.6 Å². The van der Waals surface area contributed by atoms with Crippen molar-refractivity contribution in [3.63, 3.8) is 0 Å². The van der Waals surface area contributed by atoms with Gasteiger partial charge in [0.05, 0.1) is 12.7 Å². The Labute approximate surface area is 194 Å². The molecule has 0 atom stereocenters. The number of carbonyl (C=O) groups excluding carboxylic acids is 2. The minimum Gasteiger partial charge on any atom is -0.493 e. The molecule has 0 unspecified atom stereocenters. The topological polar surface area (TPSA) is 76.7 Å². The molecule has 3 aromatic carbocycles. The van der Waals surface area contributed by atoms with E-state index in [1.165, 1.54) is 7.11 Å². The van der Waals surface area contributed by atoms with Crippen LogP contribution < -0.4 is 20.1 Å². The Bertz CT molecular complexity index is 1120. The van der Waals surface area contributed by atoms with Crippen LogP contribution >= 0.6 is 0 Å². The Balaban J connectivity index is 1.48. The van der Waals surface area contributed by atoms with Crippen molar-refractivity contribution in [3.05, 3.63) is 95.1 Å². The van der Waals surface area contributed by atoms with Crippen molar-refractivity contribution >= 4 is 11.8 Å². The van der Waals surface area contributed by atoms with Crippen LogP contribution in [0.3, 0.4) is 0 Å². The number of alkyl halides is 3. The van der Waals surface area contributed by atoms with E-state index in [9.17, 15) is 22.8 Å². The van der Waals surface area contributed by atoms with E-state index < -0.39 is 17.6 Å². The first kappa shape index (κ1) is 24.6. The third-order valence-electron chi connectivity index (χ3n) is 4.83. The van der Waals surface area contributed by atoms with Crippen molar-refractivity contribution < 1.29 is 32.2 Å². The quantitative estimate of drug-likeness (QED) is 0.451. The van der Waals surface area contributed by atoms with Gasteiger partial charge in [0.1, 0.15) is 6.61 Å². The number of methoxy groups -OCH3 is 1. The summed E-state index contributed by atoms with van der Waals surface area (Å²) in [5, 5.41) is 5.21. The van der Waals surface area contributed by atoms with Gasteiger partial charge in [-0.3, -0.25) is 9.59 Å². The second kappa shape index (κ2) is 11.2. The number of benzene rings is 3. The number of hydrogen-bond donors (Lipinski definition) is 2. The van der Waals surface area contributed by atoms with Crippen molar-refractivity contribution in [2.45, 2.75) is 12.8 Å². The maximum Gasteiger partial charge on any atom is 0.416 e. The van der Waals surface area contributed by atoms with Gasteiger partial charge in [0.2, 0.25) is 0 Å². The molecule has 2 amide bonds. The maximum absolute atomic E-state index is 12.6. The predicted molar refractivity (Wildman–Crippen MR) is 120 cm³/mol. The molecule has 3 aromatic rings. The second-order valence-electron chi connectivity index (χ2n) is 7.23. The van der Waals surface area contributed by atoms with E-state index in [4.69, 9.17) is 9.47 Å². The Morgan fingerprint density at radius 2 is 1.38 bits per heavy atom. The fourth-order valence-corrected chi connectivity index (χ4v) is 3.03. The molecule has 2 N–H and O–H groups in total. The molecule has 0 aliphatic carbocycles. The Morgan fingerprint density at radius 3 is 1.97 bits per heavy atom. The van der Waals surface area contributed by atoms with Crippen molar-refractivity contribution in [2.24, 2.45) is 0 Å². The standard InChI is InChI=1S/C25H23F3N2O4/c1-33-22-15-19(9-12-21(22)34-16-17-5-3-2-4-6-17)24(32)30-14-13-29-23(31)18-7-10-20(11-8-18)25(26,27)28/h2-12,15H,13-14,16H2,1H3,(H,29,31)(H,30,32). The molecule has 0 heterocycles. The monoisotopic (exact) mass is 472 g/mol. The van der Waals surface area contributed by atoms with Gasteiger partial charge in [-0.2, -0.15) is 13.2 Å². The normalized spacial score (nSPS) is 10.9. The van der Waals surface area contributed by atoms with E-state index in [1.807, 2.05) is 30.3 Å². The van der Waals surface area contributed by atoms with Gasteiger partial charge in [-0.25, -0.2) is 0 Å². The molecule has 0 saturated heterocycles. The Kier molecular flexibility index (Phi) is 8.13. The summed E-state index contributed by atoms with van der Waals surface area (Å²) in [5.41, 5.74) is 0.598. The summed E-state index contributed by atoms with van der Waals surface area (Å²) < 4.78 is 48.9. The Morgan fingerprint density at radius 1 is 0.794 bits per heavy atom. The highest BCUT2D eigenvalue weighted by Gasteiger charge is 2.30. The van der Waals surface area contributed by atoms with Crippen molar-refractivity contribution in [1.29, 1.82) is 0 Å². The van der Waals surface area contributed by atoms with Gasteiger partial charge >= 0.3 is 6.18 Å². The summed E-state index contributed by atoms with van der Waals surface area (Å²) in [7, 11) is 1.48. The van der Waals surface area contributed by atoms with Gasteiger partial charge < -0.3 is 20.1 Å². The molecule has 178 valence electrons. The van der Waals surface area contributed by atoms with Crippen molar-refractivity contribution in [2.75, 3.05) is 20.2 Å². The van der Waals surface area contributed by atoms with Crippen LogP contribution in [0.1, 0.15) is 31.8 Å². The SMILES string of the molecule is COc1cc(C(=O)NCCNC(=O)c2ccc(C(F)(F)F)cc2)ccc1OCc1ccccc1. The van der Waals surface area contributed by atoms with Crippen LogP contribution in [0.2, 0.25) is 0 Å². The van der Waals surface area contributed by atoms with Gasteiger partial charge in [-0.05, 0) is 48.0 Å². The lowest BCUT2D eigenvalue weighted by Crippen LogP contribution is -2.34. The van der Waals surface area contributed by atoms with E-state index >= 15 is 0 Å². The number of carbonyl (C=O) groups is 2. The zero-order valence-electron chi connectivity index (χ0n) is 18.3.